The SMILES string of the molecule is COc1cccc(CCC(=O)NCc2ccc(Cl)cc2Cl)c1OC. The average molecular weight is 368 g/mol. The fourth-order valence-electron chi connectivity index (χ4n) is 2.35. The maximum Gasteiger partial charge on any atom is 0.220 e. The van der Waals surface area contributed by atoms with Crippen molar-refractivity contribution in [1.29, 1.82) is 0 Å². The lowest BCUT2D eigenvalue weighted by atomic mass is 10.1. The van der Waals surface area contributed by atoms with Crippen LogP contribution in [0.1, 0.15) is 17.5 Å². The number of para-hydroxylation sites is 1. The highest BCUT2D eigenvalue weighted by atomic mass is 35.5. The summed E-state index contributed by atoms with van der Waals surface area (Å²) in [6, 6.07) is 10.8. The number of ether oxygens (including phenoxy) is 2. The molecule has 6 heteroatoms. The second kappa shape index (κ2) is 8.81. The molecule has 0 radical (unpaired) electrons. The molecule has 1 N–H and O–H groups in total. The Bertz CT molecular complexity index is 719. The van der Waals surface area contributed by atoms with E-state index in [0.717, 1.165) is 11.1 Å². The molecule has 0 aliphatic heterocycles. The maximum absolute atomic E-state index is 12.1. The van der Waals surface area contributed by atoms with Crippen LogP contribution in [0.3, 0.4) is 0 Å². The Morgan fingerprint density at radius 2 is 1.88 bits per heavy atom. The third-order valence-corrected chi connectivity index (χ3v) is 4.18. The lowest BCUT2D eigenvalue weighted by Gasteiger charge is -2.12. The van der Waals surface area contributed by atoms with Crippen LogP contribution in [0.25, 0.3) is 0 Å². The minimum Gasteiger partial charge on any atom is -0.493 e. The Labute approximate surface area is 151 Å². The van der Waals surface area contributed by atoms with E-state index in [2.05, 4.69) is 5.32 Å². The molecule has 0 saturated carbocycles. The van der Waals surface area contributed by atoms with Crippen molar-refractivity contribution in [3.8, 4) is 11.5 Å². The van der Waals surface area contributed by atoms with Crippen LogP contribution in [-0.2, 0) is 17.8 Å². The average Bonchev–Trinajstić information content (AvgIpc) is 2.58. The van der Waals surface area contributed by atoms with Gasteiger partial charge in [0.2, 0.25) is 5.91 Å². The van der Waals surface area contributed by atoms with Gasteiger partial charge in [0.25, 0.3) is 0 Å². The van der Waals surface area contributed by atoms with E-state index >= 15 is 0 Å². The zero-order valence-electron chi connectivity index (χ0n) is 13.6. The highest BCUT2D eigenvalue weighted by molar-refractivity contribution is 6.35. The van der Waals surface area contributed by atoms with Gasteiger partial charge in [-0.15, -0.1) is 0 Å². The summed E-state index contributed by atoms with van der Waals surface area (Å²) < 4.78 is 10.6. The first kappa shape index (κ1) is 18.4. The molecule has 0 aromatic heterocycles. The van der Waals surface area contributed by atoms with Gasteiger partial charge in [0.1, 0.15) is 0 Å². The minimum absolute atomic E-state index is 0.0640. The Kier molecular flexibility index (Phi) is 6.76. The van der Waals surface area contributed by atoms with Crippen LogP contribution >= 0.6 is 23.2 Å². The number of methoxy groups -OCH3 is 2. The van der Waals surface area contributed by atoms with Gasteiger partial charge in [-0.25, -0.2) is 0 Å². The number of carbonyl (C=O) groups excluding carboxylic acids is 1. The quantitative estimate of drug-likeness (QED) is 0.795. The van der Waals surface area contributed by atoms with Crippen LogP contribution in [0.4, 0.5) is 0 Å². The van der Waals surface area contributed by atoms with Gasteiger partial charge in [-0.3, -0.25) is 4.79 Å². The van der Waals surface area contributed by atoms with Crippen molar-refractivity contribution in [2.24, 2.45) is 0 Å². The number of hydrogen-bond acceptors (Lipinski definition) is 3. The van der Waals surface area contributed by atoms with Gasteiger partial charge in [0.15, 0.2) is 11.5 Å². The monoisotopic (exact) mass is 367 g/mol. The minimum atomic E-state index is -0.0640. The molecule has 2 aromatic rings. The Morgan fingerprint density at radius 1 is 1.08 bits per heavy atom. The molecule has 1 amide bonds. The van der Waals surface area contributed by atoms with Crippen LogP contribution in [0.2, 0.25) is 10.0 Å². The van der Waals surface area contributed by atoms with Gasteiger partial charge in [0.05, 0.1) is 14.2 Å². The summed E-state index contributed by atoms with van der Waals surface area (Å²) in [4.78, 5) is 12.1. The molecule has 4 nitrogen and oxygen atoms in total. The number of amides is 1. The lowest BCUT2D eigenvalue weighted by molar-refractivity contribution is -0.121. The topological polar surface area (TPSA) is 47.6 Å². The second-order valence-corrected chi connectivity index (χ2v) is 6.01. The third kappa shape index (κ3) is 4.79. The molecule has 0 spiro atoms. The largest absolute Gasteiger partial charge is 0.493 e. The van der Waals surface area contributed by atoms with Crippen molar-refractivity contribution in [1.82, 2.24) is 5.32 Å². The van der Waals surface area contributed by atoms with Gasteiger partial charge < -0.3 is 14.8 Å². The van der Waals surface area contributed by atoms with E-state index in [-0.39, 0.29) is 5.91 Å². The van der Waals surface area contributed by atoms with E-state index in [1.807, 2.05) is 18.2 Å². The first-order chi connectivity index (χ1) is 11.5. The molecule has 24 heavy (non-hydrogen) atoms. The van der Waals surface area contributed by atoms with Gasteiger partial charge in [-0.1, -0.05) is 41.4 Å². The van der Waals surface area contributed by atoms with Crippen LogP contribution in [-0.4, -0.2) is 20.1 Å². The number of benzene rings is 2. The zero-order valence-corrected chi connectivity index (χ0v) is 15.1. The van der Waals surface area contributed by atoms with Gasteiger partial charge >= 0.3 is 0 Å². The summed E-state index contributed by atoms with van der Waals surface area (Å²) in [6.45, 7) is 0.365. The van der Waals surface area contributed by atoms with Crippen LogP contribution < -0.4 is 14.8 Å². The highest BCUT2D eigenvalue weighted by Crippen LogP contribution is 2.31. The molecule has 0 saturated heterocycles. The molecule has 0 fully saturated rings. The number of hydrogen-bond donors (Lipinski definition) is 1. The molecule has 0 bridgehead atoms. The summed E-state index contributed by atoms with van der Waals surface area (Å²) in [6.07, 6.45) is 0.898. The number of halogens is 2. The molecular weight excluding hydrogens is 349 g/mol. The van der Waals surface area contributed by atoms with E-state index in [0.29, 0.717) is 40.9 Å². The van der Waals surface area contributed by atoms with E-state index in [4.69, 9.17) is 32.7 Å². The molecule has 0 heterocycles. The van der Waals surface area contributed by atoms with Gasteiger partial charge in [-0.05, 0) is 35.7 Å². The zero-order chi connectivity index (χ0) is 17.5. The Balaban J connectivity index is 1.92. The van der Waals surface area contributed by atoms with Crippen LogP contribution in [0.15, 0.2) is 36.4 Å². The summed E-state index contributed by atoms with van der Waals surface area (Å²) in [7, 11) is 3.17. The highest BCUT2D eigenvalue weighted by Gasteiger charge is 2.11. The number of rotatable bonds is 7. The van der Waals surface area contributed by atoms with Crippen molar-refractivity contribution >= 4 is 29.1 Å². The fourth-order valence-corrected chi connectivity index (χ4v) is 2.82. The maximum atomic E-state index is 12.1. The van der Waals surface area contributed by atoms with Gasteiger partial charge in [0, 0.05) is 23.0 Å². The molecule has 0 aliphatic rings. The van der Waals surface area contributed by atoms with Crippen molar-refractivity contribution in [2.45, 2.75) is 19.4 Å². The number of aryl methyl sites for hydroxylation is 1. The summed E-state index contributed by atoms with van der Waals surface area (Å²) in [5.41, 5.74) is 1.75. The molecule has 0 aliphatic carbocycles. The molecule has 0 atom stereocenters. The van der Waals surface area contributed by atoms with E-state index < -0.39 is 0 Å². The Morgan fingerprint density at radius 3 is 2.54 bits per heavy atom. The van der Waals surface area contributed by atoms with Crippen molar-refractivity contribution in [2.75, 3.05) is 14.2 Å². The summed E-state index contributed by atoms with van der Waals surface area (Å²) in [5.74, 6) is 1.25. The standard InChI is InChI=1S/C18H19Cl2NO3/c1-23-16-5-3-4-12(18(16)24-2)7-9-17(22)21-11-13-6-8-14(19)10-15(13)20/h3-6,8,10H,7,9,11H2,1-2H3,(H,21,22). The third-order valence-electron chi connectivity index (χ3n) is 3.60. The molecular formula is C18H19Cl2NO3. The second-order valence-electron chi connectivity index (χ2n) is 5.17. The van der Waals surface area contributed by atoms with Crippen LogP contribution in [0.5, 0.6) is 11.5 Å². The number of nitrogens with one attached hydrogen (secondary N) is 1. The van der Waals surface area contributed by atoms with Crippen molar-refractivity contribution in [3.05, 3.63) is 57.6 Å². The predicted molar refractivity (Wildman–Crippen MR) is 96.2 cm³/mol. The normalized spacial score (nSPS) is 10.3. The summed E-state index contributed by atoms with van der Waals surface area (Å²) in [5, 5.41) is 3.97. The van der Waals surface area contributed by atoms with Crippen molar-refractivity contribution in [3.63, 3.8) is 0 Å². The first-order valence-electron chi connectivity index (χ1n) is 7.45. The van der Waals surface area contributed by atoms with E-state index in [1.54, 1.807) is 32.4 Å². The Hall–Kier alpha value is -1.91. The van der Waals surface area contributed by atoms with Crippen molar-refractivity contribution < 1.29 is 14.3 Å². The van der Waals surface area contributed by atoms with Crippen LogP contribution in [0, 0.1) is 0 Å². The fraction of sp³-hybridized carbons (Fsp3) is 0.278. The van der Waals surface area contributed by atoms with Gasteiger partial charge in [-0.2, -0.15) is 0 Å². The lowest BCUT2D eigenvalue weighted by Crippen LogP contribution is -2.23. The number of carbonyl (C=O) groups is 1. The molecule has 0 unspecified atom stereocenters. The molecule has 2 rings (SSSR count). The first-order valence-corrected chi connectivity index (χ1v) is 8.21. The van der Waals surface area contributed by atoms with E-state index in [1.165, 1.54) is 0 Å². The predicted octanol–water partition coefficient (Wildman–Crippen LogP) is 4.26. The summed E-state index contributed by atoms with van der Waals surface area (Å²) >= 11 is 11.9. The molecule has 128 valence electrons. The molecule has 2 aromatic carbocycles. The smallest absolute Gasteiger partial charge is 0.220 e. The van der Waals surface area contributed by atoms with E-state index in [9.17, 15) is 4.79 Å².